The first-order valence-electron chi connectivity index (χ1n) is 9.32. The summed E-state index contributed by atoms with van der Waals surface area (Å²) >= 11 is 6.20. The zero-order chi connectivity index (χ0) is 21.6. The number of fused-ring (bicyclic) bond motifs is 3. The number of carbonyl (C=O) groups excluding carboxylic acids is 1. The minimum Gasteiger partial charge on any atom is -0.623 e. The Hall–Kier alpha value is -3.19. The maximum atomic E-state index is 14.6. The van der Waals surface area contributed by atoms with Crippen molar-refractivity contribution in [3.8, 4) is 5.69 Å². The smallest absolute Gasteiger partial charge is 0.359 e. The van der Waals surface area contributed by atoms with Gasteiger partial charge in [-0.05, 0) is 51.1 Å². The Bertz CT molecular complexity index is 1190. The highest BCUT2D eigenvalue weighted by Crippen LogP contribution is 2.29. The number of halogens is 2. The van der Waals surface area contributed by atoms with E-state index in [0.717, 1.165) is 0 Å². The van der Waals surface area contributed by atoms with Gasteiger partial charge in [-0.1, -0.05) is 23.7 Å². The van der Waals surface area contributed by atoms with Crippen LogP contribution >= 0.6 is 11.6 Å². The molecule has 6 nitrogen and oxygen atoms in total. The zero-order valence-electron chi connectivity index (χ0n) is 16.6. The second-order valence-electron chi connectivity index (χ2n) is 7.94. The van der Waals surface area contributed by atoms with E-state index in [2.05, 4.69) is 4.98 Å². The normalized spacial score (nSPS) is 13.5. The Morgan fingerprint density at radius 3 is 2.67 bits per heavy atom. The molecule has 0 amide bonds. The first-order valence-corrected chi connectivity index (χ1v) is 9.70. The van der Waals surface area contributed by atoms with Crippen LogP contribution in [0.5, 0.6) is 0 Å². The number of nitrogens with zero attached hydrogens (tertiary/aromatic N) is 3. The van der Waals surface area contributed by atoms with E-state index in [1.165, 1.54) is 18.5 Å². The van der Waals surface area contributed by atoms with Gasteiger partial charge in [0.15, 0.2) is 12.2 Å². The molecule has 0 spiro atoms. The Morgan fingerprint density at radius 2 is 1.97 bits per heavy atom. The summed E-state index contributed by atoms with van der Waals surface area (Å²) < 4.78 is 22.3. The highest BCUT2D eigenvalue weighted by atomic mass is 35.5. The highest BCUT2D eigenvalue weighted by molar-refractivity contribution is 6.31. The molecule has 0 fully saturated rings. The summed E-state index contributed by atoms with van der Waals surface area (Å²) in [6.07, 6.45) is 1.46. The predicted molar refractivity (Wildman–Crippen MR) is 111 cm³/mol. The summed E-state index contributed by atoms with van der Waals surface area (Å²) in [5.41, 5.74) is 0.960. The highest BCUT2D eigenvalue weighted by Gasteiger charge is 2.33. The van der Waals surface area contributed by atoms with Gasteiger partial charge in [0.2, 0.25) is 5.71 Å². The lowest BCUT2D eigenvalue weighted by Crippen LogP contribution is -2.25. The van der Waals surface area contributed by atoms with E-state index in [4.69, 9.17) is 16.3 Å². The van der Waals surface area contributed by atoms with Crippen LogP contribution in [0.4, 0.5) is 4.39 Å². The van der Waals surface area contributed by atoms with Gasteiger partial charge in [0.05, 0.1) is 16.8 Å². The quantitative estimate of drug-likeness (QED) is 0.343. The Balaban J connectivity index is 1.95. The monoisotopic (exact) mass is 427 g/mol. The molecule has 1 aliphatic heterocycles. The van der Waals surface area contributed by atoms with Crippen LogP contribution < -0.4 is 0 Å². The Morgan fingerprint density at radius 1 is 1.23 bits per heavy atom. The van der Waals surface area contributed by atoms with Gasteiger partial charge in [0.25, 0.3) is 0 Å². The fourth-order valence-corrected chi connectivity index (χ4v) is 3.59. The lowest BCUT2D eigenvalue weighted by molar-refractivity contribution is -0.474. The number of hydrogen-bond donors (Lipinski definition) is 0. The fourth-order valence-electron chi connectivity index (χ4n) is 3.42. The summed E-state index contributed by atoms with van der Waals surface area (Å²) in [7, 11) is 0. The van der Waals surface area contributed by atoms with Crippen molar-refractivity contribution in [1.82, 2.24) is 9.55 Å². The van der Waals surface area contributed by atoms with Gasteiger partial charge < -0.3 is 9.94 Å². The predicted octanol–water partition coefficient (Wildman–Crippen LogP) is 4.48. The van der Waals surface area contributed by atoms with Crippen LogP contribution in [0.3, 0.4) is 0 Å². The minimum atomic E-state index is -0.717. The number of imidazole rings is 1. The van der Waals surface area contributed by atoms with Crippen LogP contribution in [0.15, 0.2) is 48.8 Å². The van der Waals surface area contributed by atoms with Crippen LogP contribution in [0.1, 0.15) is 48.1 Å². The maximum Gasteiger partial charge on any atom is 0.359 e. The molecular formula is C22H19ClFN3O3. The van der Waals surface area contributed by atoms with Crippen molar-refractivity contribution < 1.29 is 18.7 Å². The molecule has 0 aliphatic carbocycles. The first-order chi connectivity index (χ1) is 14.2. The molecule has 30 heavy (non-hydrogen) atoms. The summed E-state index contributed by atoms with van der Waals surface area (Å²) in [5, 5.41) is 13.6. The van der Waals surface area contributed by atoms with Gasteiger partial charge in [-0.25, -0.2) is 14.2 Å². The summed E-state index contributed by atoms with van der Waals surface area (Å²) in [6, 6.07) is 11.0. The van der Waals surface area contributed by atoms with E-state index in [-0.39, 0.29) is 23.5 Å². The number of hydroxylamine groups is 1. The summed E-state index contributed by atoms with van der Waals surface area (Å²) in [4.78, 5) is 16.9. The number of benzene rings is 2. The molecule has 0 saturated heterocycles. The molecule has 1 aliphatic rings. The van der Waals surface area contributed by atoms with Gasteiger partial charge in [-0.3, -0.25) is 4.57 Å². The van der Waals surface area contributed by atoms with Gasteiger partial charge in [0.1, 0.15) is 23.4 Å². The first kappa shape index (κ1) is 20.1. The molecule has 0 saturated carbocycles. The number of ether oxygens (including phenoxy) is 1. The molecule has 0 N–H and O–H groups in total. The van der Waals surface area contributed by atoms with Crippen LogP contribution in [-0.4, -0.2) is 31.6 Å². The molecule has 0 atom stereocenters. The van der Waals surface area contributed by atoms with E-state index in [1.807, 2.05) is 0 Å². The molecule has 2 heterocycles. The van der Waals surface area contributed by atoms with E-state index in [1.54, 1.807) is 55.7 Å². The molecule has 0 bridgehead atoms. The molecule has 2 aromatic carbocycles. The molecule has 4 rings (SSSR count). The lowest BCUT2D eigenvalue weighted by atomic mass is 10.00. The number of hydrogen-bond acceptors (Lipinski definition) is 4. The molecule has 0 unspecified atom stereocenters. The van der Waals surface area contributed by atoms with E-state index in [9.17, 15) is 14.4 Å². The van der Waals surface area contributed by atoms with Crippen molar-refractivity contribution >= 4 is 23.3 Å². The maximum absolute atomic E-state index is 14.6. The second kappa shape index (κ2) is 7.25. The SMILES string of the molecule is CC(C)(C)OC(=O)c1ncn2c1C[N+]([O-])=C(c1ccccc1F)c1cc(Cl)ccc1-2. The van der Waals surface area contributed by atoms with Gasteiger partial charge in [0, 0.05) is 5.02 Å². The average molecular weight is 428 g/mol. The second-order valence-corrected chi connectivity index (χ2v) is 8.37. The largest absolute Gasteiger partial charge is 0.623 e. The van der Waals surface area contributed by atoms with Crippen molar-refractivity contribution in [2.45, 2.75) is 32.9 Å². The molecule has 0 radical (unpaired) electrons. The fraction of sp³-hybridized carbons (Fsp3) is 0.227. The van der Waals surface area contributed by atoms with Crippen molar-refractivity contribution in [3.63, 3.8) is 0 Å². The van der Waals surface area contributed by atoms with Crippen LogP contribution in [-0.2, 0) is 11.3 Å². The summed E-state index contributed by atoms with van der Waals surface area (Å²) in [6.45, 7) is 5.04. The third kappa shape index (κ3) is 3.57. The van der Waals surface area contributed by atoms with Crippen molar-refractivity contribution in [1.29, 1.82) is 0 Å². The van der Waals surface area contributed by atoms with Crippen molar-refractivity contribution in [3.05, 3.63) is 87.4 Å². The third-order valence-electron chi connectivity index (χ3n) is 4.60. The topological polar surface area (TPSA) is 70.2 Å². The minimum absolute atomic E-state index is 0.0430. The number of rotatable bonds is 2. The van der Waals surface area contributed by atoms with E-state index >= 15 is 0 Å². The van der Waals surface area contributed by atoms with Gasteiger partial charge >= 0.3 is 5.97 Å². The van der Waals surface area contributed by atoms with E-state index in [0.29, 0.717) is 26.7 Å². The van der Waals surface area contributed by atoms with Crippen molar-refractivity contribution in [2.75, 3.05) is 0 Å². The zero-order valence-corrected chi connectivity index (χ0v) is 17.4. The standard InChI is InChI=1S/C22H19ClFN3O3/c1-22(2,3)30-21(28)19-18-11-27(29)20(14-6-4-5-7-16(14)24)15-10-13(23)8-9-17(15)26(18)12-25-19/h4-10,12H,11H2,1-3H3. The lowest BCUT2D eigenvalue weighted by Gasteiger charge is -2.19. The third-order valence-corrected chi connectivity index (χ3v) is 4.84. The average Bonchev–Trinajstić information content (AvgIpc) is 3.01. The molecule has 8 heteroatoms. The Kier molecular flexibility index (Phi) is 4.86. The van der Waals surface area contributed by atoms with Gasteiger partial charge in [-0.2, -0.15) is 4.74 Å². The number of aromatic nitrogens is 2. The molecule has 1 aromatic heterocycles. The van der Waals surface area contributed by atoms with E-state index < -0.39 is 17.4 Å². The number of carbonyl (C=O) groups is 1. The van der Waals surface area contributed by atoms with Crippen LogP contribution in [0.25, 0.3) is 5.69 Å². The molecular weight excluding hydrogens is 409 g/mol. The van der Waals surface area contributed by atoms with Gasteiger partial charge in [-0.15, -0.1) is 0 Å². The van der Waals surface area contributed by atoms with Crippen LogP contribution in [0, 0.1) is 11.0 Å². The molecule has 154 valence electrons. The number of esters is 1. The van der Waals surface area contributed by atoms with Crippen LogP contribution in [0.2, 0.25) is 5.02 Å². The van der Waals surface area contributed by atoms with Crippen molar-refractivity contribution in [2.24, 2.45) is 0 Å². The summed E-state index contributed by atoms with van der Waals surface area (Å²) in [5.74, 6) is -1.16. The Labute approximate surface area is 177 Å². The molecule has 3 aromatic rings.